The van der Waals surface area contributed by atoms with Gasteiger partial charge in [0, 0.05) is 42.5 Å². The van der Waals surface area contributed by atoms with Crippen molar-refractivity contribution in [2.45, 2.75) is 25.8 Å². The maximum atomic E-state index is 12.8. The van der Waals surface area contributed by atoms with Crippen LogP contribution >= 0.6 is 0 Å². The van der Waals surface area contributed by atoms with Gasteiger partial charge in [0.2, 0.25) is 0 Å². The Balaban J connectivity index is 1.60. The van der Waals surface area contributed by atoms with Crippen molar-refractivity contribution < 1.29 is 19.2 Å². The average molecular weight is 399 g/mol. The topological polar surface area (TPSA) is 93.9 Å². The summed E-state index contributed by atoms with van der Waals surface area (Å²) in [5, 5.41) is 14.3. The van der Waals surface area contributed by atoms with E-state index in [1.807, 2.05) is 11.8 Å². The lowest BCUT2D eigenvalue weighted by molar-refractivity contribution is -0.384. The molecule has 0 saturated carbocycles. The number of hydrogen-bond donors (Lipinski definition) is 1. The lowest BCUT2D eigenvalue weighted by Crippen LogP contribution is -2.42. The molecule has 154 valence electrons. The van der Waals surface area contributed by atoms with Crippen molar-refractivity contribution >= 4 is 17.3 Å². The molecule has 2 aromatic carbocycles. The molecule has 1 saturated heterocycles. The Morgan fingerprint density at radius 1 is 1.10 bits per heavy atom. The minimum absolute atomic E-state index is 0.0316. The number of rotatable bonds is 6. The fourth-order valence-electron chi connectivity index (χ4n) is 3.52. The lowest BCUT2D eigenvalue weighted by Gasteiger charge is -2.33. The summed E-state index contributed by atoms with van der Waals surface area (Å²) in [6.45, 7) is 3.12. The number of nitro benzene ring substituents is 1. The van der Waals surface area contributed by atoms with Gasteiger partial charge < -0.3 is 19.7 Å². The summed E-state index contributed by atoms with van der Waals surface area (Å²) in [4.78, 5) is 25.2. The van der Waals surface area contributed by atoms with Gasteiger partial charge in [0.25, 0.3) is 11.6 Å². The van der Waals surface area contributed by atoms with Crippen molar-refractivity contribution in [3.05, 3.63) is 57.6 Å². The first-order chi connectivity index (χ1) is 13.9. The van der Waals surface area contributed by atoms with Gasteiger partial charge in [0.05, 0.1) is 19.1 Å². The molecule has 1 aliphatic rings. The predicted molar refractivity (Wildman–Crippen MR) is 110 cm³/mol. The number of ether oxygens (including phenoxy) is 2. The van der Waals surface area contributed by atoms with Crippen molar-refractivity contribution in [1.29, 1.82) is 0 Å². The van der Waals surface area contributed by atoms with E-state index in [0.717, 1.165) is 24.1 Å². The second-order valence-electron chi connectivity index (χ2n) is 7.04. The van der Waals surface area contributed by atoms with Crippen molar-refractivity contribution in [3.8, 4) is 11.5 Å². The molecular weight excluding hydrogens is 374 g/mol. The number of nitro groups is 1. The third-order valence-electron chi connectivity index (χ3n) is 5.19. The minimum atomic E-state index is -0.394. The number of anilines is 1. The highest BCUT2D eigenvalue weighted by molar-refractivity contribution is 5.95. The highest BCUT2D eigenvalue weighted by Gasteiger charge is 2.25. The summed E-state index contributed by atoms with van der Waals surface area (Å²) < 4.78 is 10.5. The average Bonchev–Trinajstić information content (AvgIpc) is 2.74. The normalized spacial score (nSPS) is 14.4. The van der Waals surface area contributed by atoms with Gasteiger partial charge in [-0.25, -0.2) is 0 Å². The number of piperidine rings is 1. The Hall–Kier alpha value is -3.29. The highest BCUT2D eigenvalue weighted by atomic mass is 16.6. The summed E-state index contributed by atoms with van der Waals surface area (Å²) in [5.74, 6) is 1.09. The lowest BCUT2D eigenvalue weighted by atomic mass is 10.0. The van der Waals surface area contributed by atoms with E-state index < -0.39 is 4.92 Å². The number of carbonyl (C=O) groups excluding carboxylic acids is 1. The molecule has 0 aliphatic carbocycles. The van der Waals surface area contributed by atoms with Crippen LogP contribution in [0.5, 0.6) is 11.5 Å². The van der Waals surface area contributed by atoms with Crippen LogP contribution in [0.25, 0.3) is 0 Å². The van der Waals surface area contributed by atoms with Crippen molar-refractivity contribution in [2.75, 3.05) is 32.6 Å². The number of non-ortho nitro benzene ring substituents is 1. The first-order valence-electron chi connectivity index (χ1n) is 9.45. The molecule has 8 heteroatoms. The van der Waals surface area contributed by atoms with E-state index in [2.05, 4.69) is 5.32 Å². The van der Waals surface area contributed by atoms with Gasteiger partial charge in [-0.3, -0.25) is 14.9 Å². The van der Waals surface area contributed by atoms with E-state index in [4.69, 9.17) is 9.47 Å². The quantitative estimate of drug-likeness (QED) is 0.589. The molecule has 0 spiro atoms. The molecule has 1 amide bonds. The van der Waals surface area contributed by atoms with Crippen LogP contribution in [0.15, 0.2) is 36.4 Å². The van der Waals surface area contributed by atoms with E-state index in [1.165, 1.54) is 6.07 Å². The second kappa shape index (κ2) is 8.81. The molecule has 1 fully saturated rings. The Bertz CT molecular complexity index is 907. The van der Waals surface area contributed by atoms with Crippen LogP contribution in [-0.2, 0) is 0 Å². The Morgan fingerprint density at radius 2 is 1.79 bits per heavy atom. The molecule has 3 rings (SSSR count). The summed E-state index contributed by atoms with van der Waals surface area (Å²) in [5.41, 5.74) is 2.38. The number of aryl methyl sites for hydroxylation is 1. The molecule has 0 aromatic heterocycles. The van der Waals surface area contributed by atoms with Crippen LogP contribution in [0, 0.1) is 17.0 Å². The van der Waals surface area contributed by atoms with E-state index in [-0.39, 0.29) is 17.6 Å². The summed E-state index contributed by atoms with van der Waals surface area (Å²) in [7, 11) is 3.10. The zero-order valence-corrected chi connectivity index (χ0v) is 16.8. The SMILES string of the molecule is COc1ccc(C(=O)N2CCC(Nc3ccc([N+](=O)[O-])cc3C)CC2)cc1OC. The monoisotopic (exact) mass is 399 g/mol. The Morgan fingerprint density at radius 3 is 2.38 bits per heavy atom. The Kier molecular flexibility index (Phi) is 6.21. The van der Waals surface area contributed by atoms with Crippen molar-refractivity contribution in [2.24, 2.45) is 0 Å². The number of likely N-dealkylation sites (tertiary alicyclic amines) is 1. The molecule has 1 heterocycles. The molecule has 0 radical (unpaired) electrons. The van der Waals surface area contributed by atoms with Crippen LogP contribution in [0.3, 0.4) is 0 Å². The molecule has 8 nitrogen and oxygen atoms in total. The predicted octanol–water partition coefficient (Wildman–Crippen LogP) is 3.64. The van der Waals surface area contributed by atoms with E-state index in [0.29, 0.717) is 30.2 Å². The second-order valence-corrected chi connectivity index (χ2v) is 7.04. The van der Waals surface area contributed by atoms with E-state index in [9.17, 15) is 14.9 Å². The number of benzene rings is 2. The Labute approximate surface area is 169 Å². The van der Waals surface area contributed by atoms with E-state index >= 15 is 0 Å². The number of carbonyl (C=O) groups is 1. The standard InChI is InChI=1S/C21H25N3O5/c1-14-12-17(24(26)27)5-6-18(14)22-16-8-10-23(11-9-16)21(25)15-4-7-19(28-2)20(13-15)29-3/h4-7,12-13,16,22H,8-11H2,1-3H3. The fraction of sp³-hybridized carbons (Fsp3) is 0.381. The van der Waals surface area contributed by atoms with Gasteiger partial charge in [0.1, 0.15) is 0 Å². The van der Waals surface area contributed by atoms with Crippen LogP contribution in [0.1, 0.15) is 28.8 Å². The number of amides is 1. The van der Waals surface area contributed by atoms with Gasteiger partial charge in [-0.1, -0.05) is 0 Å². The third kappa shape index (κ3) is 4.59. The molecular formula is C21H25N3O5. The smallest absolute Gasteiger partial charge is 0.269 e. The minimum Gasteiger partial charge on any atom is -0.493 e. The number of nitrogens with zero attached hydrogens (tertiary/aromatic N) is 2. The maximum Gasteiger partial charge on any atom is 0.269 e. The van der Waals surface area contributed by atoms with Crippen molar-refractivity contribution in [3.63, 3.8) is 0 Å². The van der Waals surface area contributed by atoms with Crippen LogP contribution < -0.4 is 14.8 Å². The molecule has 1 aliphatic heterocycles. The number of methoxy groups -OCH3 is 2. The van der Waals surface area contributed by atoms with Crippen LogP contribution in [0.2, 0.25) is 0 Å². The van der Waals surface area contributed by atoms with Gasteiger partial charge in [-0.05, 0) is 49.6 Å². The molecule has 2 aromatic rings. The van der Waals surface area contributed by atoms with Gasteiger partial charge in [0.15, 0.2) is 11.5 Å². The van der Waals surface area contributed by atoms with Gasteiger partial charge >= 0.3 is 0 Å². The van der Waals surface area contributed by atoms with Crippen LogP contribution in [-0.4, -0.2) is 49.1 Å². The first-order valence-corrected chi connectivity index (χ1v) is 9.45. The van der Waals surface area contributed by atoms with Crippen molar-refractivity contribution in [1.82, 2.24) is 4.90 Å². The van der Waals surface area contributed by atoms with E-state index in [1.54, 1.807) is 44.6 Å². The van der Waals surface area contributed by atoms with Gasteiger partial charge in [-0.2, -0.15) is 0 Å². The molecule has 0 unspecified atom stereocenters. The first kappa shape index (κ1) is 20.4. The maximum absolute atomic E-state index is 12.8. The summed E-state index contributed by atoms with van der Waals surface area (Å²) >= 11 is 0. The number of nitrogens with one attached hydrogen (secondary N) is 1. The third-order valence-corrected chi connectivity index (χ3v) is 5.19. The molecule has 0 bridgehead atoms. The van der Waals surface area contributed by atoms with Crippen LogP contribution in [0.4, 0.5) is 11.4 Å². The zero-order chi connectivity index (χ0) is 21.0. The van der Waals surface area contributed by atoms with Gasteiger partial charge in [-0.15, -0.1) is 0 Å². The molecule has 1 N–H and O–H groups in total. The summed E-state index contributed by atoms with van der Waals surface area (Å²) in [6, 6.07) is 10.2. The zero-order valence-electron chi connectivity index (χ0n) is 16.8. The highest BCUT2D eigenvalue weighted by Crippen LogP contribution is 2.29. The largest absolute Gasteiger partial charge is 0.493 e. The fourth-order valence-corrected chi connectivity index (χ4v) is 3.52. The summed E-state index contributed by atoms with van der Waals surface area (Å²) in [6.07, 6.45) is 1.60. The number of hydrogen-bond acceptors (Lipinski definition) is 6. The molecule has 29 heavy (non-hydrogen) atoms. The molecule has 0 atom stereocenters.